The number of hydrogen-bond donors (Lipinski definition) is 3. The maximum atomic E-state index is 10.9. The first-order chi connectivity index (χ1) is 8.22. The first-order valence-electron chi connectivity index (χ1n) is 5.15. The predicted octanol–water partition coefficient (Wildman–Crippen LogP) is 2.13. The first-order valence-corrected chi connectivity index (χ1v) is 6.03. The van der Waals surface area contributed by atoms with Crippen LogP contribution in [0.25, 0.3) is 0 Å². The fourth-order valence-electron chi connectivity index (χ4n) is 1.49. The lowest BCUT2D eigenvalue weighted by molar-refractivity contribution is 0.0692. The Labute approximate surface area is 102 Å². The van der Waals surface area contributed by atoms with Gasteiger partial charge in [-0.1, -0.05) is 6.92 Å². The molecule has 0 bridgehead atoms. The quantitative estimate of drug-likeness (QED) is 0.758. The zero-order chi connectivity index (χ0) is 12.3. The van der Waals surface area contributed by atoms with Gasteiger partial charge < -0.3 is 15.4 Å². The minimum atomic E-state index is -1.02. The molecule has 0 aliphatic heterocycles. The van der Waals surface area contributed by atoms with E-state index in [4.69, 9.17) is 5.11 Å². The summed E-state index contributed by atoms with van der Waals surface area (Å²) in [4.78, 5) is 21.9. The van der Waals surface area contributed by atoms with E-state index in [1.807, 2.05) is 6.92 Å². The zero-order valence-electron chi connectivity index (χ0n) is 9.17. The summed E-state index contributed by atoms with van der Waals surface area (Å²) in [6.07, 6.45) is 4.21. The number of aromatic amines is 1. The van der Waals surface area contributed by atoms with Crippen molar-refractivity contribution in [3.63, 3.8) is 0 Å². The van der Waals surface area contributed by atoms with Crippen LogP contribution in [0.5, 0.6) is 0 Å². The van der Waals surface area contributed by atoms with E-state index in [9.17, 15) is 4.79 Å². The Morgan fingerprint density at radius 3 is 3.06 bits per heavy atom. The summed E-state index contributed by atoms with van der Waals surface area (Å²) in [7, 11) is 0. The highest BCUT2D eigenvalue weighted by Gasteiger charge is 2.18. The number of anilines is 1. The summed E-state index contributed by atoms with van der Waals surface area (Å²) >= 11 is 1.27. The summed E-state index contributed by atoms with van der Waals surface area (Å²) in [6.45, 7) is 2.00. The Kier molecular flexibility index (Phi) is 3.38. The van der Waals surface area contributed by atoms with Gasteiger partial charge in [-0.25, -0.2) is 14.8 Å². The number of rotatable bonds is 5. The molecule has 2 aromatic heterocycles. The summed E-state index contributed by atoms with van der Waals surface area (Å²) in [5.74, 6) is -0.236. The van der Waals surface area contributed by atoms with E-state index in [0.29, 0.717) is 5.00 Å². The van der Waals surface area contributed by atoms with E-state index in [1.165, 1.54) is 16.8 Å². The molecule has 6 nitrogen and oxygen atoms in total. The van der Waals surface area contributed by atoms with E-state index in [0.717, 1.165) is 12.2 Å². The Morgan fingerprint density at radius 2 is 2.47 bits per heavy atom. The molecule has 0 fully saturated rings. The average Bonchev–Trinajstić information content (AvgIpc) is 2.96. The molecular weight excluding hydrogens is 240 g/mol. The van der Waals surface area contributed by atoms with E-state index in [2.05, 4.69) is 20.3 Å². The van der Waals surface area contributed by atoms with Crippen LogP contribution in [0.2, 0.25) is 0 Å². The molecule has 0 saturated heterocycles. The molecule has 1 unspecified atom stereocenters. The number of carboxylic acid groups (broad SMARTS) is 1. The Hall–Kier alpha value is -1.89. The third kappa shape index (κ3) is 2.44. The second-order valence-electron chi connectivity index (χ2n) is 3.41. The van der Waals surface area contributed by atoms with Crippen molar-refractivity contribution in [2.75, 3.05) is 5.32 Å². The molecule has 0 spiro atoms. The van der Waals surface area contributed by atoms with Crippen LogP contribution in [-0.4, -0.2) is 26.0 Å². The molecule has 0 aromatic carbocycles. The lowest BCUT2D eigenvalue weighted by Crippen LogP contribution is -2.13. The minimum absolute atomic E-state index is 0.0384. The first kappa shape index (κ1) is 11.6. The third-order valence-corrected chi connectivity index (χ3v) is 3.09. The number of hydrogen-bond acceptors (Lipinski definition) is 5. The molecule has 3 N–H and O–H groups in total. The molecule has 2 aromatic rings. The SMILES string of the molecule is CCC(Nc1scnc1C(=O)O)c1ncc[nH]1. The number of aromatic carboxylic acids is 1. The van der Waals surface area contributed by atoms with Crippen LogP contribution in [0.15, 0.2) is 17.9 Å². The number of carboxylic acids is 1. The van der Waals surface area contributed by atoms with Crippen molar-refractivity contribution in [3.8, 4) is 0 Å². The van der Waals surface area contributed by atoms with Crippen LogP contribution in [0.4, 0.5) is 5.00 Å². The summed E-state index contributed by atoms with van der Waals surface area (Å²) < 4.78 is 0. The molecule has 1 atom stereocenters. The Balaban J connectivity index is 2.19. The van der Waals surface area contributed by atoms with Gasteiger partial charge in [-0.05, 0) is 6.42 Å². The molecule has 0 amide bonds. The minimum Gasteiger partial charge on any atom is -0.476 e. The summed E-state index contributed by atoms with van der Waals surface area (Å²) in [5.41, 5.74) is 1.57. The van der Waals surface area contributed by atoms with E-state index >= 15 is 0 Å². The molecule has 90 valence electrons. The highest BCUT2D eigenvalue weighted by molar-refractivity contribution is 7.14. The lowest BCUT2D eigenvalue weighted by Gasteiger charge is -2.14. The molecule has 0 saturated carbocycles. The second kappa shape index (κ2) is 4.96. The molecule has 0 radical (unpaired) electrons. The van der Waals surface area contributed by atoms with Crippen molar-refractivity contribution in [2.45, 2.75) is 19.4 Å². The normalized spacial score (nSPS) is 12.3. The van der Waals surface area contributed by atoms with E-state index in [-0.39, 0.29) is 11.7 Å². The van der Waals surface area contributed by atoms with Crippen molar-refractivity contribution >= 4 is 22.3 Å². The van der Waals surface area contributed by atoms with Crippen molar-refractivity contribution in [3.05, 3.63) is 29.4 Å². The van der Waals surface area contributed by atoms with Crippen LogP contribution in [0.3, 0.4) is 0 Å². The number of thiazole rings is 1. The van der Waals surface area contributed by atoms with Crippen LogP contribution in [-0.2, 0) is 0 Å². The Morgan fingerprint density at radius 1 is 1.65 bits per heavy atom. The highest BCUT2D eigenvalue weighted by atomic mass is 32.1. The number of imidazole rings is 1. The van der Waals surface area contributed by atoms with Crippen molar-refractivity contribution < 1.29 is 9.90 Å². The zero-order valence-corrected chi connectivity index (χ0v) is 9.99. The van der Waals surface area contributed by atoms with Gasteiger partial charge in [0.2, 0.25) is 0 Å². The molecule has 2 rings (SSSR count). The van der Waals surface area contributed by atoms with Gasteiger partial charge in [-0.15, -0.1) is 11.3 Å². The number of aromatic nitrogens is 3. The van der Waals surface area contributed by atoms with Crippen LogP contribution < -0.4 is 5.32 Å². The van der Waals surface area contributed by atoms with Crippen molar-refractivity contribution in [1.29, 1.82) is 0 Å². The van der Waals surface area contributed by atoms with Gasteiger partial charge in [0.25, 0.3) is 0 Å². The van der Waals surface area contributed by atoms with Crippen LogP contribution in [0.1, 0.15) is 35.7 Å². The standard InChI is InChI=1S/C10H12N4O2S/c1-2-6(8-11-3-4-12-8)14-9-7(10(15)16)13-5-17-9/h3-6,14H,2H2,1H3,(H,11,12)(H,15,16). The van der Waals surface area contributed by atoms with Gasteiger partial charge in [0, 0.05) is 12.4 Å². The molecule has 2 heterocycles. The predicted molar refractivity (Wildman–Crippen MR) is 64.3 cm³/mol. The van der Waals surface area contributed by atoms with Gasteiger partial charge in [0.05, 0.1) is 11.6 Å². The van der Waals surface area contributed by atoms with Crippen LogP contribution in [0, 0.1) is 0 Å². The highest BCUT2D eigenvalue weighted by Crippen LogP contribution is 2.26. The average molecular weight is 252 g/mol. The molecule has 0 aliphatic rings. The van der Waals surface area contributed by atoms with E-state index < -0.39 is 5.97 Å². The van der Waals surface area contributed by atoms with Gasteiger partial charge in [-0.2, -0.15) is 0 Å². The van der Waals surface area contributed by atoms with Crippen molar-refractivity contribution in [2.24, 2.45) is 0 Å². The fraction of sp³-hybridized carbons (Fsp3) is 0.300. The number of nitrogens with one attached hydrogen (secondary N) is 2. The summed E-state index contributed by atoms with van der Waals surface area (Å²) in [5, 5.41) is 12.7. The third-order valence-electron chi connectivity index (χ3n) is 2.33. The maximum absolute atomic E-state index is 10.9. The van der Waals surface area contributed by atoms with Crippen LogP contribution >= 0.6 is 11.3 Å². The largest absolute Gasteiger partial charge is 0.476 e. The molecular formula is C10H12N4O2S. The fourth-order valence-corrected chi connectivity index (χ4v) is 2.22. The van der Waals surface area contributed by atoms with Gasteiger partial charge in [-0.3, -0.25) is 0 Å². The smallest absolute Gasteiger partial charge is 0.357 e. The Bertz CT molecular complexity index is 494. The topological polar surface area (TPSA) is 90.9 Å². The number of H-pyrrole nitrogens is 1. The lowest BCUT2D eigenvalue weighted by atomic mass is 10.2. The van der Waals surface area contributed by atoms with Gasteiger partial charge in [0.15, 0.2) is 5.69 Å². The van der Waals surface area contributed by atoms with Gasteiger partial charge in [0.1, 0.15) is 10.8 Å². The second-order valence-corrected chi connectivity index (χ2v) is 4.27. The molecule has 0 aliphatic carbocycles. The van der Waals surface area contributed by atoms with Gasteiger partial charge >= 0.3 is 5.97 Å². The monoisotopic (exact) mass is 252 g/mol. The maximum Gasteiger partial charge on any atom is 0.357 e. The van der Waals surface area contributed by atoms with E-state index in [1.54, 1.807) is 12.4 Å². The molecule has 7 heteroatoms. The molecule has 17 heavy (non-hydrogen) atoms. The number of carbonyl (C=O) groups is 1. The summed E-state index contributed by atoms with van der Waals surface area (Å²) in [6, 6.07) is -0.0384. The number of nitrogens with zero attached hydrogens (tertiary/aromatic N) is 2. The van der Waals surface area contributed by atoms with Crippen molar-refractivity contribution in [1.82, 2.24) is 15.0 Å².